The number of anilines is 1. The Bertz CT molecular complexity index is 1540. The Kier molecular flexibility index (Phi) is 8.99. The van der Waals surface area contributed by atoms with Crippen LogP contribution in [0.3, 0.4) is 0 Å². The van der Waals surface area contributed by atoms with Crippen molar-refractivity contribution in [3.05, 3.63) is 106 Å². The maximum atomic E-state index is 13.6. The average Bonchev–Trinajstić information content (AvgIpc) is 2.92. The number of halogens is 1. The van der Waals surface area contributed by atoms with E-state index in [0.717, 1.165) is 33.4 Å². The number of allylic oxidation sites excluding steroid dienone is 1. The quantitative estimate of drug-likeness (QED) is 0.215. The molecule has 2 N–H and O–H groups in total. The van der Waals surface area contributed by atoms with E-state index in [4.69, 9.17) is 21.3 Å². The first-order chi connectivity index (χ1) is 18.8. The Morgan fingerprint density at radius 1 is 1.00 bits per heavy atom. The number of ether oxygens (including phenoxy) is 1. The summed E-state index contributed by atoms with van der Waals surface area (Å²) in [4.78, 5) is 31.0. The smallest absolute Gasteiger partial charge is 0.256 e. The summed E-state index contributed by atoms with van der Waals surface area (Å²) in [6.07, 6.45) is 2.53. The minimum absolute atomic E-state index is 0.185. The van der Waals surface area contributed by atoms with Crippen LogP contribution in [-0.2, 0) is 4.74 Å². The molecule has 0 radical (unpaired) electrons. The number of pyridine rings is 1. The third kappa shape index (κ3) is 6.65. The molecule has 0 unspecified atom stereocenters. The lowest BCUT2D eigenvalue weighted by atomic mass is 9.99. The van der Waals surface area contributed by atoms with Crippen molar-refractivity contribution in [1.29, 1.82) is 0 Å². The second-order valence-electron chi connectivity index (χ2n) is 9.24. The van der Waals surface area contributed by atoms with E-state index in [-0.39, 0.29) is 11.8 Å². The summed E-state index contributed by atoms with van der Waals surface area (Å²) >= 11 is 6.46. The molecule has 39 heavy (non-hydrogen) atoms. The molecule has 4 rings (SSSR count). The van der Waals surface area contributed by atoms with Gasteiger partial charge in [-0.25, -0.2) is 4.98 Å². The van der Waals surface area contributed by atoms with Gasteiger partial charge in [0.1, 0.15) is 0 Å². The van der Waals surface area contributed by atoms with Gasteiger partial charge in [0.25, 0.3) is 11.8 Å². The molecule has 4 aromatic rings. The molecule has 2 amide bonds. The SMILES string of the molecule is C/C=C(/CCNC(=O)c1ccc(NC(=O)c2cc(-c3ccccc3Cl)nc3c(C)cc(C)cc23)cc1)OCC. The Morgan fingerprint density at radius 3 is 2.44 bits per heavy atom. The summed E-state index contributed by atoms with van der Waals surface area (Å²) in [5, 5.41) is 7.21. The average molecular weight is 542 g/mol. The van der Waals surface area contributed by atoms with Gasteiger partial charge in [-0.2, -0.15) is 0 Å². The molecule has 7 heteroatoms. The van der Waals surface area contributed by atoms with Crippen LogP contribution in [0.15, 0.2) is 78.6 Å². The summed E-state index contributed by atoms with van der Waals surface area (Å²) < 4.78 is 5.50. The van der Waals surface area contributed by atoms with Gasteiger partial charge in [-0.1, -0.05) is 41.4 Å². The van der Waals surface area contributed by atoms with Crippen LogP contribution >= 0.6 is 11.6 Å². The molecule has 0 aliphatic heterocycles. The minimum Gasteiger partial charge on any atom is -0.499 e. The number of rotatable bonds is 9. The molecular weight excluding hydrogens is 510 g/mol. The van der Waals surface area contributed by atoms with Crippen molar-refractivity contribution in [2.75, 3.05) is 18.5 Å². The van der Waals surface area contributed by atoms with E-state index in [1.54, 1.807) is 36.4 Å². The summed E-state index contributed by atoms with van der Waals surface area (Å²) in [6, 6.07) is 20.1. The van der Waals surface area contributed by atoms with Crippen LogP contribution in [0.5, 0.6) is 0 Å². The number of amides is 2. The molecular formula is C32H32ClN3O3. The molecule has 0 bridgehead atoms. The van der Waals surface area contributed by atoms with Crippen LogP contribution in [-0.4, -0.2) is 29.9 Å². The Hall–Kier alpha value is -4.16. The zero-order chi connectivity index (χ0) is 27.9. The van der Waals surface area contributed by atoms with Gasteiger partial charge in [0, 0.05) is 40.2 Å². The second kappa shape index (κ2) is 12.6. The zero-order valence-electron chi connectivity index (χ0n) is 22.6. The normalized spacial score (nSPS) is 11.4. The van der Waals surface area contributed by atoms with E-state index in [1.807, 2.05) is 64.1 Å². The number of carbonyl (C=O) groups excluding carboxylic acids is 2. The molecule has 0 saturated carbocycles. The molecule has 0 spiro atoms. The van der Waals surface area contributed by atoms with Crippen molar-refractivity contribution in [2.24, 2.45) is 0 Å². The Labute approximate surface area is 234 Å². The van der Waals surface area contributed by atoms with Crippen molar-refractivity contribution in [2.45, 2.75) is 34.1 Å². The Morgan fingerprint density at radius 2 is 1.74 bits per heavy atom. The maximum Gasteiger partial charge on any atom is 0.256 e. The fourth-order valence-corrected chi connectivity index (χ4v) is 4.70. The zero-order valence-corrected chi connectivity index (χ0v) is 23.4. The van der Waals surface area contributed by atoms with E-state index in [1.165, 1.54) is 0 Å². The molecule has 3 aromatic carbocycles. The first-order valence-corrected chi connectivity index (χ1v) is 13.3. The van der Waals surface area contributed by atoms with Crippen molar-refractivity contribution < 1.29 is 14.3 Å². The van der Waals surface area contributed by atoms with Gasteiger partial charge in [0.15, 0.2) is 0 Å². The van der Waals surface area contributed by atoms with Gasteiger partial charge in [-0.3, -0.25) is 9.59 Å². The third-order valence-corrected chi connectivity index (χ3v) is 6.69. The topological polar surface area (TPSA) is 80.3 Å². The van der Waals surface area contributed by atoms with Crippen LogP contribution in [0.1, 0.15) is 52.1 Å². The summed E-state index contributed by atoms with van der Waals surface area (Å²) in [5.41, 5.74) is 5.74. The number of benzene rings is 3. The van der Waals surface area contributed by atoms with Crippen molar-refractivity contribution >= 4 is 40.0 Å². The summed E-state index contributed by atoms with van der Waals surface area (Å²) in [7, 11) is 0. The van der Waals surface area contributed by atoms with Crippen molar-refractivity contribution in [3.8, 4) is 11.3 Å². The minimum atomic E-state index is -0.271. The van der Waals surface area contributed by atoms with Gasteiger partial charge >= 0.3 is 0 Å². The van der Waals surface area contributed by atoms with Gasteiger partial charge in [-0.15, -0.1) is 0 Å². The van der Waals surface area contributed by atoms with Crippen LogP contribution in [0.4, 0.5) is 5.69 Å². The third-order valence-electron chi connectivity index (χ3n) is 6.36. The van der Waals surface area contributed by atoms with E-state index in [2.05, 4.69) is 10.6 Å². The number of aromatic nitrogens is 1. The van der Waals surface area contributed by atoms with Crippen LogP contribution in [0.25, 0.3) is 22.2 Å². The Balaban J connectivity index is 1.56. The lowest BCUT2D eigenvalue weighted by molar-refractivity contribution is 0.0951. The highest BCUT2D eigenvalue weighted by Crippen LogP contribution is 2.32. The molecule has 0 saturated heterocycles. The molecule has 6 nitrogen and oxygen atoms in total. The number of carbonyl (C=O) groups is 2. The maximum absolute atomic E-state index is 13.6. The number of aryl methyl sites for hydroxylation is 2. The highest BCUT2D eigenvalue weighted by molar-refractivity contribution is 6.33. The molecule has 0 atom stereocenters. The van der Waals surface area contributed by atoms with E-state index in [9.17, 15) is 9.59 Å². The summed E-state index contributed by atoms with van der Waals surface area (Å²) in [6.45, 7) is 8.89. The van der Waals surface area contributed by atoms with Gasteiger partial charge < -0.3 is 15.4 Å². The number of hydrogen-bond acceptors (Lipinski definition) is 4. The lowest BCUT2D eigenvalue weighted by Crippen LogP contribution is -2.25. The molecule has 200 valence electrons. The van der Waals surface area contributed by atoms with Gasteiger partial charge in [-0.05, 0) is 81.8 Å². The highest BCUT2D eigenvalue weighted by atomic mass is 35.5. The van der Waals surface area contributed by atoms with E-state index in [0.29, 0.717) is 47.1 Å². The van der Waals surface area contributed by atoms with Crippen LogP contribution in [0.2, 0.25) is 5.02 Å². The largest absolute Gasteiger partial charge is 0.499 e. The number of fused-ring (bicyclic) bond motifs is 1. The second-order valence-corrected chi connectivity index (χ2v) is 9.65. The van der Waals surface area contributed by atoms with Crippen molar-refractivity contribution in [3.63, 3.8) is 0 Å². The monoisotopic (exact) mass is 541 g/mol. The molecule has 1 heterocycles. The number of nitrogens with one attached hydrogen (secondary N) is 2. The number of nitrogens with zero attached hydrogens (tertiary/aromatic N) is 1. The number of hydrogen-bond donors (Lipinski definition) is 2. The fourth-order valence-electron chi connectivity index (χ4n) is 4.47. The first-order valence-electron chi connectivity index (χ1n) is 12.9. The van der Waals surface area contributed by atoms with E-state index < -0.39 is 0 Å². The summed E-state index contributed by atoms with van der Waals surface area (Å²) in [5.74, 6) is 0.394. The van der Waals surface area contributed by atoms with Crippen LogP contribution in [0, 0.1) is 13.8 Å². The highest BCUT2D eigenvalue weighted by Gasteiger charge is 2.17. The molecule has 1 aromatic heterocycles. The van der Waals surface area contributed by atoms with Crippen LogP contribution < -0.4 is 10.6 Å². The predicted octanol–water partition coefficient (Wildman–Crippen LogP) is 7.48. The molecule has 0 aliphatic carbocycles. The molecule has 0 aliphatic rings. The first kappa shape index (κ1) is 27.9. The van der Waals surface area contributed by atoms with Gasteiger partial charge in [0.05, 0.1) is 29.1 Å². The van der Waals surface area contributed by atoms with E-state index >= 15 is 0 Å². The molecule has 0 fully saturated rings. The van der Waals surface area contributed by atoms with Crippen molar-refractivity contribution in [1.82, 2.24) is 10.3 Å². The standard InChI is InChI=1S/C32H32ClN3O3/c1-5-24(39-6-2)15-16-34-31(37)22-11-13-23(14-12-22)35-32(38)27-19-29(25-9-7-8-10-28(25)33)36-30-21(4)17-20(3)18-26(27)30/h5,7-14,17-19H,6,15-16H2,1-4H3,(H,34,37)(H,35,38)/b24-5-. The van der Waals surface area contributed by atoms with Gasteiger partial charge in [0.2, 0.25) is 0 Å². The lowest BCUT2D eigenvalue weighted by Gasteiger charge is -2.14. The predicted molar refractivity (Wildman–Crippen MR) is 158 cm³/mol. The fraction of sp³-hybridized carbons (Fsp3) is 0.219.